The number of halogens is 2. The Morgan fingerprint density at radius 1 is 1.18 bits per heavy atom. The highest BCUT2D eigenvalue weighted by Crippen LogP contribution is 2.43. The Bertz CT molecular complexity index is 887. The highest BCUT2D eigenvalue weighted by atomic mass is 35.5. The van der Waals surface area contributed by atoms with Crippen molar-refractivity contribution in [3.8, 4) is 0 Å². The molecule has 0 spiro atoms. The molecule has 2 aliphatic heterocycles. The number of piperazine rings is 1. The Balaban J connectivity index is 1.62. The van der Waals surface area contributed by atoms with Crippen LogP contribution in [0, 0.1) is 5.82 Å². The monoisotopic (exact) mass is 420 g/mol. The second kappa shape index (κ2) is 8.31. The Hall–Kier alpha value is -1.76. The van der Waals surface area contributed by atoms with Gasteiger partial charge in [-0.05, 0) is 54.8 Å². The molecule has 2 heterocycles. The van der Waals surface area contributed by atoms with Crippen molar-refractivity contribution in [3.63, 3.8) is 0 Å². The van der Waals surface area contributed by atoms with Gasteiger partial charge in [-0.15, -0.1) is 0 Å². The lowest BCUT2D eigenvalue weighted by Crippen LogP contribution is -2.50. The number of amides is 1. The summed E-state index contributed by atoms with van der Waals surface area (Å²) in [6.07, 6.45) is 0.555. The molecule has 1 saturated heterocycles. The van der Waals surface area contributed by atoms with Gasteiger partial charge in [-0.25, -0.2) is 9.18 Å². The van der Waals surface area contributed by atoms with Gasteiger partial charge in [0.25, 0.3) is 0 Å². The molecule has 2 aromatic rings. The Morgan fingerprint density at radius 3 is 2.71 bits per heavy atom. The van der Waals surface area contributed by atoms with Crippen LogP contribution in [0.3, 0.4) is 0 Å². The summed E-state index contributed by atoms with van der Waals surface area (Å²) in [4.78, 5) is 18.2. The number of ether oxygens (including phenoxy) is 1. The molecule has 0 N–H and O–H groups in total. The van der Waals surface area contributed by atoms with Crippen molar-refractivity contribution < 1.29 is 13.9 Å². The smallest absolute Gasteiger partial charge is 0.409 e. The number of hydrogen-bond donors (Lipinski definition) is 0. The number of nitrogens with zero attached hydrogens (tertiary/aromatic N) is 2. The van der Waals surface area contributed by atoms with Gasteiger partial charge in [0, 0.05) is 47.0 Å². The van der Waals surface area contributed by atoms with Gasteiger partial charge >= 0.3 is 6.09 Å². The van der Waals surface area contributed by atoms with E-state index in [1.54, 1.807) is 22.7 Å². The maximum absolute atomic E-state index is 13.9. The van der Waals surface area contributed by atoms with Crippen LogP contribution in [-0.4, -0.2) is 48.7 Å². The van der Waals surface area contributed by atoms with E-state index in [-0.39, 0.29) is 18.0 Å². The van der Waals surface area contributed by atoms with Crippen LogP contribution in [0.25, 0.3) is 0 Å². The first-order valence-corrected chi connectivity index (χ1v) is 10.7. The van der Waals surface area contributed by atoms with Gasteiger partial charge in [0.1, 0.15) is 5.82 Å². The largest absolute Gasteiger partial charge is 0.450 e. The number of carbonyl (C=O) groups is 1. The number of carbonyl (C=O) groups excluding carboxylic acids is 1. The first-order chi connectivity index (χ1) is 13.5. The molecule has 148 valence electrons. The normalized spacial score (nSPS) is 19.5. The maximum Gasteiger partial charge on any atom is 0.409 e. The lowest BCUT2D eigenvalue weighted by atomic mass is 9.96. The highest BCUT2D eigenvalue weighted by molar-refractivity contribution is 7.99. The molecule has 0 radical (unpaired) electrons. The van der Waals surface area contributed by atoms with Gasteiger partial charge in [-0.2, -0.15) is 0 Å². The predicted molar refractivity (Wildman–Crippen MR) is 109 cm³/mol. The molecule has 7 heteroatoms. The Labute approximate surface area is 173 Å². The Kier molecular flexibility index (Phi) is 5.80. The summed E-state index contributed by atoms with van der Waals surface area (Å²) in [5.41, 5.74) is 2.30. The van der Waals surface area contributed by atoms with E-state index in [0.29, 0.717) is 24.7 Å². The lowest BCUT2D eigenvalue weighted by Gasteiger charge is -2.39. The zero-order chi connectivity index (χ0) is 19.7. The average Bonchev–Trinajstić information content (AvgIpc) is 2.84. The summed E-state index contributed by atoms with van der Waals surface area (Å²) < 4.78 is 19.1. The van der Waals surface area contributed by atoms with Crippen molar-refractivity contribution in [1.82, 2.24) is 9.80 Å². The van der Waals surface area contributed by atoms with Gasteiger partial charge in [0.15, 0.2) is 0 Å². The van der Waals surface area contributed by atoms with Crippen molar-refractivity contribution in [2.75, 3.05) is 32.8 Å². The van der Waals surface area contributed by atoms with Gasteiger partial charge in [0.2, 0.25) is 0 Å². The van der Waals surface area contributed by atoms with E-state index in [1.165, 1.54) is 11.6 Å². The first kappa shape index (κ1) is 19.6. The van der Waals surface area contributed by atoms with E-state index < -0.39 is 0 Å². The number of fused-ring (bicyclic) bond motifs is 2. The zero-order valence-corrected chi connectivity index (χ0v) is 17.2. The van der Waals surface area contributed by atoms with Crippen LogP contribution in [0.4, 0.5) is 9.18 Å². The molecule has 2 aromatic carbocycles. The average molecular weight is 421 g/mol. The van der Waals surface area contributed by atoms with E-state index in [2.05, 4.69) is 4.90 Å². The minimum absolute atomic E-state index is 0.118. The van der Waals surface area contributed by atoms with Crippen LogP contribution < -0.4 is 0 Å². The molecule has 1 fully saturated rings. The van der Waals surface area contributed by atoms with E-state index >= 15 is 0 Å². The summed E-state index contributed by atoms with van der Waals surface area (Å²) in [5.74, 6) is -0.227. The molecule has 4 nitrogen and oxygen atoms in total. The quantitative estimate of drug-likeness (QED) is 0.684. The van der Waals surface area contributed by atoms with E-state index in [4.69, 9.17) is 16.3 Å². The fourth-order valence-corrected chi connectivity index (χ4v) is 5.21. The first-order valence-electron chi connectivity index (χ1n) is 9.46. The van der Waals surface area contributed by atoms with Crippen molar-refractivity contribution in [3.05, 3.63) is 58.4 Å². The molecule has 1 unspecified atom stereocenters. The fourth-order valence-electron chi connectivity index (χ4n) is 3.87. The molecule has 1 amide bonds. The van der Waals surface area contributed by atoms with Crippen LogP contribution in [0.15, 0.2) is 46.2 Å². The summed E-state index contributed by atoms with van der Waals surface area (Å²) in [6, 6.07) is 11.1. The fraction of sp³-hybridized carbons (Fsp3) is 0.381. The molecule has 2 aliphatic rings. The minimum atomic E-state index is -0.252. The van der Waals surface area contributed by atoms with Crippen LogP contribution in [0.5, 0.6) is 0 Å². The third-order valence-corrected chi connectivity index (χ3v) is 6.70. The lowest BCUT2D eigenvalue weighted by molar-refractivity contribution is 0.0652. The summed E-state index contributed by atoms with van der Waals surface area (Å²) >= 11 is 7.84. The van der Waals surface area contributed by atoms with Crippen LogP contribution in [0.1, 0.15) is 24.1 Å². The van der Waals surface area contributed by atoms with Crippen molar-refractivity contribution in [2.24, 2.45) is 0 Å². The second-order valence-electron chi connectivity index (χ2n) is 6.98. The van der Waals surface area contributed by atoms with E-state index in [1.807, 2.05) is 31.2 Å². The Morgan fingerprint density at radius 2 is 1.96 bits per heavy atom. The molecule has 28 heavy (non-hydrogen) atoms. The molecular formula is C21H22ClFN2O2S. The number of rotatable bonds is 2. The van der Waals surface area contributed by atoms with Gasteiger partial charge in [0.05, 0.1) is 6.61 Å². The number of benzene rings is 2. The minimum Gasteiger partial charge on any atom is -0.450 e. The van der Waals surface area contributed by atoms with Gasteiger partial charge in [-0.1, -0.05) is 29.4 Å². The van der Waals surface area contributed by atoms with Crippen LogP contribution in [0.2, 0.25) is 5.02 Å². The van der Waals surface area contributed by atoms with Crippen molar-refractivity contribution >= 4 is 29.5 Å². The third-order valence-electron chi connectivity index (χ3n) is 5.27. The summed E-state index contributed by atoms with van der Waals surface area (Å²) in [6.45, 7) is 4.95. The van der Waals surface area contributed by atoms with Crippen molar-refractivity contribution in [2.45, 2.75) is 29.2 Å². The zero-order valence-electron chi connectivity index (χ0n) is 15.7. The highest BCUT2D eigenvalue weighted by Gasteiger charge is 2.31. The summed E-state index contributed by atoms with van der Waals surface area (Å²) in [5, 5.41) is 0.711. The number of hydrogen-bond acceptors (Lipinski definition) is 4. The summed E-state index contributed by atoms with van der Waals surface area (Å²) in [7, 11) is 0. The van der Waals surface area contributed by atoms with Gasteiger partial charge in [-0.3, -0.25) is 4.90 Å². The van der Waals surface area contributed by atoms with Gasteiger partial charge < -0.3 is 9.64 Å². The molecule has 0 bridgehead atoms. The van der Waals surface area contributed by atoms with Crippen molar-refractivity contribution in [1.29, 1.82) is 0 Å². The molecule has 0 aromatic heterocycles. The molecule has 0 aliphatic carbocycles. The molecule has 1 atom stereocenters. The third kappa shape index (κ3) is 4.00. The predicted octanol–water partition coefficient (Wildman–Crippen LogP) is 5.00. The van der Waals surface area contributed by atoms with Crippen LogP contribution >= 0.6 is 23.4 Å². The molecule has 4 rings (SSSR count). The van der Waals surface area contributed by atoms with E-state index in [0.717, 1.165) is 34.9 Å². The topological polar surface area (TPSA) is 32.8 Å². The SMILES string of the molecule is CCOC(=O)N1CCN(C2Cc3cc(Cl)ccc3Sc3cc(F)ccc32)CC1. The van der Waals surface area contributed by atoms with E-state index in [9.17, 15) is 9.18 Å². The second-order valence-corrected chi connectivity index (χ2v) is 8.50. The molecular weight excluding hydrogens is 399 g/mol. The molecule has 0 saturated carbocycles. The maximum atomic E-state index is 13.9. The van der Waals surface area contributed by atoms with Crippen LogP contribution in [-0.2, 0) is 11.2 Å². The standard InChI is InChI=1S/C21H22ClFN2O2S/c1-2-27-21(26)25-9-7-24(8-10-25)18-12-14-11-15(22)3-6-19(14)28-20-13-16(23)4-5-17(18)20/h3-6,11,13,18H,2,7-10,12H2,1H3.